The molecule has 0 aromatic carbocycles. The lowest BCUT2D eigenvalue weighted by atomic mass is 10.1. The molecule has 6 heteroatoms. The average Bonchev–Trinajstić information content (AvgIpc) is 3.31. The molecule has 0 fully saturated rings. The Balaban J connectivity index is 4.56. The fraction of sp³-hybridized carbons (Fsp3) is 0.583. The number of esters is 3. The Bertz CT molecular complexity index is 1460. The van der Waals surface area contributed by atoms with Crippen LogP contribution < -0.4 is 0 Å². The van der Waals surface area contributed by atoms with Crippen LogP contribution in [-0.4, -0.2) is 37.2 Å². The van der Waals surface area contributed by atoms with E-state index in [4.69, 9.17) is 14.2 Å². The summed E-state index contributed by atoms with van der Waals surface area (Å²) in [5, 5.41) is 0. The minimum Gasteiger partial charge on any atom is -0.462 e. The van der Waals surface area contributed by atoms with E-state index < -0.39 is 6.10 Å². The summed E-state index contributed by atoms with van der Waals surface area (Å²) in [6.07, 6.45) is 74.4. The predicted molar refractivity (Wildman–Crippen MR) is 283 cm³/mol. The monoisotopic (exact) mass is 911 g/mol. The molecule has 0 aliphatic heterocycles. The summed E-state index contributed by atoms with van der Waals surface area (Å²) >= 11 is 0. The van der Waals surface area contributed by atoms with Crippen molar-refractivity contribution in [3.8, 4) is 0 Å². The normalized spacial score (nSPS) is 13.2. The maximum absolute atomic E-state index is 12.8. The van der Waals surface area contributed by atoms with E-state index in [1.807, 2.05) is 12.2 Å². The summed E-state index contributed by atoms with van der Waals surface area (Å²) in [4.78, 5) is 38.0. The molecule has 0 aliphatic carbocycles. The molecule has 0 amide bonds. The molecule has 0 saturated heterocycles. The third-order valence-corrected chi connectivity index (χ3v) is 10.4. The zero-order valence-electron chi connectivity index (χ0n) is 42.1. The molecule has 0 aliphatic rings. The number of unbranched alkanes of at least 4 members (excludes halogenated alkanes) is 12. The van der Waals surface area contributed by atoms with Crippen LogP contribution in [0.25, 0.3) is 0 Å². The topological polar surface area (TPSA) is 78.9 Å². The minimum atomic E-state index is -0.825. The average molecular weight is 911 g/mol. The molecule has 0 heterocycles. The van der Waals surface area contributed by atoms with E-state index in [1.54, 1.807) is 0 Å². The van der Waals surface area contributed by atoms with E-state index in [0.717, 1.165) is 135 Å². The first-order chi connectivity index (χ1) is 32.5. The molecular weight excluding hydrogens is 817 g/mol. The molecule has 6 nitrogen and oxygen atoms in total. The van der Waals surface area contributed by atoms with Gasteiger partial charge in [-0.3, -0.25) is 14.4 Å². The number of carbonyl (C=O) groups excluding carboxylic acids is 3. The van der Waals surface area contributed by atoms with Gasteiger partial charge in [0.05, 0.1) is 0 Å². The number of rotatable bonds is 45. The molecule has 1 atom stereocenters. The van der Waals surface area contributed by atoms with Crippen LogP contribution in [0.5, 0.6) is 0 Å². The lowest BCUT2D eigenvalue weighted by Gasteiger charge is -2.18. The Morgan fingerprint density at radius 1 is 0.303 bits per heavy atom. The highest BCUT2D eigenvalue weighted by molar-refractivity contribution is 5.71. The van der Waals surface area contributed by atoms with Crippen LogP contribution >= 0.6 is 0 Å². The lowest BCUT2D eigenvalue weighted by Crippen LogP contribution is -2.30. The fourth-order valence-electron chi connectivity index (χ4n) is 6.58. The Kier molecular flexibility index (Phi) is 49.6. The lowest BCUT2D eigenvalue weighted by molar-refractivity contribution is -0.166. The van der Waals surface area contributed by atoms with Gasteiger partial charge in [0.2, 0.25) is 0 Å². The van der Waals surface area contributed by atoms with Crippen molar-refractivity contribution in [1.29, 1.82) is 0 Å². The summed E-state index contributed by atoms with van der Waals surface area (Å²) < 4.78 is 16.7. The summed E-state index contributed by atoms with van der Waals surface area (Å²) in [5.41, 5.74) is 0. The Morgan fingerprint density at radius 3 is 0.939 bits per heavy atom. The Labute approximate surface area is 405 Å². The third-order valence-electron chi connectivity index (χ3n) is 10.4. The van der Waals surface area contributed by atoms with Crippen molar-refractivity contribution in [1.82, 2.24) is 0 Å². The zero-order valence-corrected chi connectivity index (χ0v) is 42.1. The van der Waals surface area contributed by atoms with E-state index in [2.05, 4.69) is 142 Å². The number of ether oxygens (including phenoxy) is 3. The number of hydrogen-bond acceptors (Lipinski definition) is 6. The summed E-state index contributed by atoms with van der Waals surface area (Å²) in [6.45, 7) is 6.20. The van der Waals surface area contributed by atoms with Gasteiger partial charge in [0.1, 0.15) is 13.2 Å². The van der Waals surface area contributed by atoms with Gasteiger partial charge in [-0.05, 0) is 116 Å². The maximum Gasteiger partial charge on any atom is 0.306 e. The third kappa shape index (κ3) is 50.5. The smallest absolute Gasteiger partial charge is 0.306 e. The van der Waals surface area contributed by atoms with Crippen molar-refractivity contribution < 1.29 is 28.6 Å². The van der Waals surface area contributed by atoms with Crippen LogP contribution in [0.4, 0.5) is 0 Å². The van der Waals surface area contributed by atoms with E-state index in [1.165, 1.54) is 25.7 Å². The van der Waals surface area contributed by atoms with Crippen molar-refractivity contribution in [3.05, 3.63) is 134 Å². The van der Waals surface area contributed by atoms with Crippen molar-refractivity contribution in [2.75, 3.05) is 13.2 Å². The summed E-state index contributed by atoms with van der Waals surface area (Å²) in [6, 6.07) is 0. The van der Waals surface area contributed by atoms with Gasteiger partial charge in [-0.1, -0.05) is 206 Å². The quantitative estimate of drug-likeness (QED) is 0.0262. The summed E-state index contributed by atoms with van der Waals surface area (Å²) in [5.74, 6) is -1.04. The molecule has 0 aromatic rings. The van der Waals surface area contributed by atoms with Gasteiger partial charge in [-0.2, -0.15) is 0 Å². The van der Waals surface area contributed by atoms with Gasteiger partial charge in [0, 0.05) is 19.3 Å². The molecule has 0 saturated carbocycles. The van der Waals surface area contributed by atoms with Crippen LogP contribution in [0, 0.1) is 0 Å². The highest BCUT2D eigenvalue weighted by Crippen LogP contribution is 2.13. The van der Waals surface area contributed by atoms with Crippen molar-refractivity contribution >= 4 is 17.9 Å². The molecule has 0 radical (unpaired) electrons. The first-order valence-electron chi connectivity index (χ1n) is 26.2. The van der Waals surface area contributed by atoms with E-state index in [-0.39, 0.29) is 44.0 Å². The van der Waals surface area contributed by atoms with E-state index in [0.29, 0.717) is 12.8 Å². The molecule has 0 bridgehead atoms. The number of allylic oxidation sites excluding steroid dienone is 22. The fourth-order valence-corrected chi connectivity index (χ4v) is 6.58. The zero-order chi connectivity index (χ0) is 47.9. The van der Waals surface area contributed by atoms with E-state index >= 15 is 0 Å². The number of carbonyl (C=O) groups is 3. The van der Waals surface area contributed by atoms with Gasteiger partial charge < -0.3 is 14.2 Å². The SMILES string of the molecule is CC/C=C\C/C=C\C/C=C\C/C=C\C/C=C\CCC(=O)OCC(COC(=O)CCCCCCCC/C=C\C/C=C\C/C=C\CC)OC(=O)CCCCCCCC/C=C\C/C=C\C/C=C\CC. The largest absolute Gasteiger partial charge is 0.462 e. The second-order valence-electron chi connectivity index (χ2n) is 16.6. The standard InChI is InChI=1S/C60H94O6/c1-4-7-10-13-16-19-22-25-28-31-34-37-40-43-46-49-52-58(61)64-55-57(66-60(63)54-51-48-45-42-39-36-33-30-27-24-21-18-15-12-9-6-3)56-65-59(62)53-50-47-44-41-38-35-32-29-26-23-20-17-14-11-8-5-2/h7-12,16-21,25-30,34,37,43,46,57H,4-6,13-15,22-24,31-33,35-36,38-42,44-45,47-56H2,1-3H3/b10-7-,11-8-,12-9-,19-16-,20-17-,21-18-,28-25-,29-26-,30-27-,37-34-,46-43-. The van der Waals surface area contributed by atoms with Crippen LogP contribution in [-0.2, 0) is 28.6 Å². The molecule has 66 heavy (non-hydrogen) atoms. The molecule has 0 N–H and O–H groups in total. The summed E-state index contributed by atoms with van der Waals surface area (Å²) in [7, 11) is 0. The molecular formula is C60H94O6. The highest BCUT2D eigenvalue weighted by Gasteiger charge is 2.19. The first kappa shape index (κ1) is 61.5. The highest BCUT2D eigenvalue weighted by atomic mass is 16.6. The van der Waals surface area contributed by atoms with Gasteiger partial charge >= 0.3 is 17.9 Å². The predicted octanol–water partition coefficient (Wildman–Crippen LogP) is 17.5. The first-order valence-corrected chi connectivity index (χ1v) is 26.2. The van der Waals surface area contributed by atoms with Crippen LogP contribution in [0.3, 0.4) is 0 Å². The van der Waals surface area contributed by atoms with Gasteiger partial charge in [-0.25, -0.2) is 0 Å². The van der Waals surface area contributed by atoms with Gasteiger partial charge in [0.15, 0.2) is 6.10 Å². The molecule has 0 rings (SSSR count). The minimum absolute atomic E-state index is 0.118. The van der Waals surface area contributed by atoms with Gasteiger partial charge in [-0.15, -0.1) is 0 Å². The van der Waals surface area contributed by atoms with Crippen molar-refractivity contribution in [2.24, 2.45) is 0 Å². The Hall–Kier alpha value is -4.45. The molecule has 1 unspecified atom stereocenters. The molecule has 370 valence electrons. The van der Waals surface area contributed by atoms with Crippen molar-refractivity contribution in [2.45, 2.75) is 213 Å². The van der Waals surface area contributed by atoms with Crippen LogP contribution in [0.2, 0.25) is 0 Å². The van der Waals surface area contributed by atoms with Crippen LogP contribution in [0.1, 0.15) is 207 Å². The Morgan fingerprint density at radius 2 is 0.576 bits per heavy atom. The molecule has 0 aromatic heterocycles. The van der Waals surface area contributed by atoms with E-state index in [9.17, 15) is 14.4 Å². The van der Waals surface area contributed by atoms with Crippen LogP contribution in [0.15, 0.2) is 134 Å². The van der Waals surface area contributed by atoms with Crippen molar-refractivity contribution in [3.63, 3.8) is 0 Å². The molecule has 0 spiro atoms. The van der Waals surface area contributed by atoms with Gasteiger partial charge in [0.25, 0.3) is 0 Å². The number of hydrogen-bond donors (Lipinski definition) is 0. The second kappa shape index (κ2) is 53.2. The maximum atomic E-state index is 12.8. The second-order valence-corrected chi connectivity index (χ2v) is 16.6.